The molecule has 1 aromatic heterocycles. The van der Waals surface area contributed by atoms with Crippen LogP contribution in [0.3, 0.4) is 0 Å². The molecular weight excluding hydrogens is 394 g/mol. The van der Waals surface area contributed by atoms with Crippen molar-refractivity contribution in [2.45, 2.75) is 19.5 Å². The van der Waals surface area contributed by atoms with Crippen LogP contribution < -0.4 is 15.5 Å². The van der Waals surface area contributed by atoms with Gasteiger partial charge in [0.15, 0.2) is 0 Å². The lowest BCUT2D eigenvalue weighted by Crippen LogP contribution is -2.24. The van der Waals surface area contributed by atoms with Gasteiger partial charge in [0.05, 0.1) is 17.3 Å². The van der Waals surface area contributed by atoms with Gasteiger partial charge in [0, 0.05) is 19.2 Å². The Bertz CT molecular complexity index is 1010. The molecule has 3 aromatic rings. The van der Waals surface area contributed by atoms with Gasteiger partial charge in [-0.1, -0.05) is 41.1 Å². The average Bonchev–Trinajstić information content (AvgIpc) is 3.14. The molecule has 0 fully saturated rings. The maximum absolute atomic E-state index is 12.6. The molecule has 0 bridgehead atoms. The van der Waals surface area contributed by atoms with E-state index >= 15 is 0 Å². The van der Waals surface area contributed by atoms with E-state index in [4.69, 9.17) is 11.6 Å². The molecular formula is C20H20ClN5OS. The average molecular weight is 414 g/mol. The zero-order chi connectivity index (χ0) is 19.5. The first kappa shape index (κ1) is 18.9. The zero-order valence-corrected chi connectivity index (χ0v) is 17.0. The molecule has 6 nitrogen and oxygen atoms in total. The van der Waals surface area contributed by atoms with Crippen molar-refractivity contribution in [3.63, 3.8) is 0 Å². The Morgan fingerprint density at radius 2 is 2.11 bits per heavy atom. The highest BCUT2D eigenvalue weighted by Crippen LogP contribution is 2.26. The fraction of sp³-hybridized carbons (Fsp3) is 0.250. The van der Waals surface area contributed by atoms with Crippen molar-refractivity contribution in [1.29, 1.82) is 0 Å². The molecule has 1 aliphatic heterocycles. The Morgan fingerprint density at radius 3 is 2.96 bits per heavy atom. The molecule has 2 N–H and O–H groups in total. The quantitative estimate of drug-likeness (QED) is 0.667. The number of hydrogen-bond donors (Lipinski definition) is 2. The zero-order valence-electron chi connectivity index (χ0n) is 15.4. The standard InChI is InChI=1S/C20H20ClN5OS/c1-26(17-5-3-2-4-16(17)21)12-18-24-25-20(28-18)23-19(27)14-6-7-15-11-22-9-8-13(15)10-14/h2-7,10,22H,8-9,11-12H2,1H3,(H,23,25,27). The number of para-hydroxylation sites is 1. The Labute approximate surface area is 172 Å². The summed E-state index contributed by atoms with van der Waals surface area (Å²) in [5.74, 6) is -0.163. The molecule has 4 rings (SSSR count). The molecule has 0 spiro atoms. The van der Waals surface area contributed by atoms with E-state index in [0.29, 0.717) is 22.3 Å². The van der Waals surface area contributed by atoms with Gasteiger partial charge in [-0.3, -0.25) is 10.1 Å². The van der Waals surface area contributed by atoms with Crippen LogP contribution in [0.5, 0.6) is 0 Å². The predicted octanol–water partition coefficient (Wildman–Crippen LogP) is 3.73. The fourth-order valence-corrected chi connectivity index (χ4v) is 4.27. The monoisotopic (exact) mass is 413 g/mol. The third kappa shape index (κ3) is 4.16. The topological polar surface area (TPSA) is 70.2 Å². The first-order valence-corrected chi connectivity index (χ1v) is 10.2. The lowest BCUT2D eigenvalue weighted by Gasteiger charge is -2.18. The summed E-state index contributed by atoms with van der Waals surface area (Å²) in [6.07, 6.45) is 0.938. The van der Waals surface area contributed by atoms with E-state index in [9.17, 15) is 4.79 Å². The first-order chi connectivity index (χ1) is 13.6. The number of anilines is 2. The predicted molar refractivity (Wildman–Crippen MR) is 113 cm³/mol. The number of nitrogens with zero attached hydrogens (tertiary/aromatic N) is 3. The summed E-state index contributed by atoms with van der Waals surface area (Å²) in [5.41, 5.74) is 4.05. The Balaban J connectivity index is 1.42. The van der Waals surface area contributed by atoms with Crippen molar-refractivity contribution < 1.29 is 4.79 Å². The number of carbonyl (C=O) groups is 1. The number of amides is 1. The number of benzene rings is 2. The van der Waals surface area contributed by atoms with Crippen LogP contribution in [0.1, 0.15) is 26.5 Å². The molecule has 2 heterocycles. The van der Waals surface area contributed by atoms with Gasteiger partial charge >= 0.3 is 0 Å². The normalized spacial score (nSPS) is 13.1. The van der Waals surface area contributed by atoms with Crippen LogP contribution in [0, 0.1) is 0 Å². The van der Waals surface area contributed by atoms with Gasteiger partial charge in [0.2, 0.25) is 5.13 Å². The lowest BCUT2D eigenvalue weighted by atomic mass is 9.98. The van der Waals surface area contributed by atoms with Crippen molar-refractivity contribution >= 4 is 39.7 Å². The largest absolute Gasteiger partial charge is 0.367 e. The number of aromatic nitrogens is 2. The minimum Gasteiger partial charge on any atom is -0.367 e. The van der Waals surface area contributed by atoms with Crippen molar-refractivity contribution in [3.05, 3.63) is 69.2 Å². The van der Waals surface area contributed by atoms with E-state index in [0.717, 1.165) is 30.2 Å². The molecule has 28 heavy (non-hydrogen) atoms. The highest BCUT2D eigenvalue weighted by Gasteiger charge is 2.15. The molecule has 8 heteroatoms. The van der Waals surface area contributed by atoms with Gasteiger partial charge in [0.1, 0.15) is 5.01 Å². The Kier molecular flexibility index (Phi) is 5.57. The number of halogens is 1. The molecule has 0 aliphatic carbocycles. The van der Waals surface area contributed by atoms with Crippen molar-refractivity contribution in [1.82, 2.24) is 15.5 Å². The molecule has 144 valence electrons. The van der Waals surface area contributed by atoms with Crippen molar-refractivity contribution in [2.75, 3.05) is 23.8 Å². The number of fused-ring (bicyclic) bond motifs is 1. The summed E-state index contributed by atoms with van der Waals surface area (Å²) >= 11 is 7.61. The number of rotatable bonds is 5. The van der Waals surface area contributed by atoms with E-state index in [1.165, 1.54) is 22.5 Å². The van der Waals surface area contributed by atoms with Crippen molar-refractivity contribution in [2.24, 2.45) is 0 Å². The third-order valence-electron chi connectivity index (χ3n) is 4.68. The molecule has 2 aromatic carbocycles. The third-order valence-corrected chi connectivity index (χ3v) is 5.82. The highest BCUT2D eigenvalue weighted by atomic mass is 35.5. The molecule has 1 aliphatic rings. The Hall–Kier alpha value is -2.48. The van der Waals surface area contributed by atoms with Gasteiger partial charge in [-0.2, -0.15) is 0 Å². The van der Waals surface area contributed by atoms with Crippen LogP contribution in [-0.2, 0) is 19.5 Å². The van der Waals surface area contributed by atoms with E-state index < -0.39 is 0 Å². The molecule has 0 saturated heterocycles. The maximum atomic E-state index is 12.6. The van der Waals surface area contributed by atoms with Crippen LogP contribution in [0.15, 0.2) is 42.5 Å². The van der Waals surface area contributed by atoms with Crippen LogP contribution in [0.2, 0.25) is 5.02 Å². The molecule has 1 amide bonds. The van der Waals surface area contributed by atoms with Gasteiger partial charge in [0.25, 0.3) is 5.91 Å². The minimum absolute atomic E-state index is 0.163. The summed E-state index contributed by atoms with van der Waals surface area (Å²) in [4.78, 5) is 14.6. The maximum Gasteiger partial charge on any atom is 0.257 e. The van der Waals surface area contributed by atoms with Gasteiger partial charge < -0.3 is 10.2 Å². The number of hydrogen-bond acceptors (Lipinski definition) is 6. The smallest absolute Gasteiger partial charge is 0.257 e. The number of carbonyl (C=O) groups excluding carboxylic acids is 1. The molecule has 0 radical (unpaired) electrons. The lowest BCUT2D eigenvalue weighted by molar-refractivity contribution is 0.102. The van der Waals surface area contributed by atoms with Gasteiger partial charge in [-0.15, -0.1) is 10.2 Å². The summed E-state index contributed by atoms with van der Waals surface area (Å²) in [5, 5.41) is 16.5. The van der Waals surface area contributed by atoms with E-state index in [2.05, 4.69) is 20.8 Å². The molecule has 0 unspecified atom stereocenters. The summed E-state index contributed by atoms with van der Waals surface area (Å²) < 4.78 is 0. The van der Waals surface area contributed by atoms with Gasteiger partial charge in [-0.25, -0.2) is 0 Å². The van der Waals surface area contributed by atoms with Crippen LogP contribution >= 0.6 is 22.9 Å². The second kappa shape index (κ2) is 8.26. The van der Waals surface area contributed by atoms with E-state index in [1.54, 1.807) is 0 Å². The molecule has 0 atom stereocenters. The molecule has 0 saturated carbocycles. The number of nitrogens with one attached hydrogen (secondary N) is 2. The van der Waals surface area contributed by atoms with Crippen LogP contribution in [0.4, 0.5) is 10.8 Å². The van der Waals surface area contributed by atoms with E-state index in [1.807, 2.05) is 54.4 Å². The highest BCUT2D eigenvalue weighted by molar-refractivity contribution is 7.15. The van der Waals surface area contributed by atoms with Crippen LogP contribution in [-0.4, -0.2) is 29.7 Å². The van der Waals surface area contributed by atoms with Crippen LogP contribution in [0.25, 0.3) is 0 Å². The second-order valence-electron chi connectivity index (χ2n) is 6.67. The summed E-state index contributed by atoms with van der Waals surface area (Å²) in [6, 6.07) is 13.5. The van der Waals surface area contributed by atoms with Crippen molar-refractivity contribution in [3.8, 4) is 0 Å². The first-order valence-electron chi connectivity index (χ1n) is 9.02. The Morgan fingerprint density at radius 1 is 1.25 bits per heavy atom. The SMILES string of the molecule is CN(Cc1nnc(NC(=O)c2ccc3c(c2)CCNC3)s1)c1ccccc1Cl. The minimum atomic E-state index is -0.163. The fourth-order valence-electron chi connectivity index (χ4n) is 3.21. The summed E-state index contributed by atoms with van der Waals surface area (Å²) in [7, 11) is 1.95. The second-order valence-corrected chi connectivity index (χ2v) is 8.14. The summed E-state index contributed by atoms with van der Waals surface area (Å²) in [6.45, 7) is 2.36. The van der Waals surface area contributed by atoms with Gasteiger partial charge in [-0.05, 0) is 48.4 Å². The van der Waals surface area contributed by atoms with E-state index in [-0.39, 0.29) is 5.91 Å².